The van der Waals surface area contributed by atoms with E-state index in [1.165, 1.54) is 10.8 Å². The van der Waals surface area contributed by atoms with E-state index < -0.39 is 0 Å². The lowest BCUT2D eigenvalue weighted by Gasteiger charge is -2.18. The van der Waals surface area contributed by atoms with E-state index in [-0.39, 0.29) is 0 Å². The van der Waals surface area contributed by atoms with Gasteiger partial charge < -0.3 is 4.90 Å². The summed E-state index contributed by atoms with van der Waals surface area (Å²) in [4.78, 5) is 2.31. The molecule has 1 atom stereocenters. The zero-order valence-electron chi connectivity index (χ0n) is 10.4. The topological polar surface area (TPSA) is 29.0 Å². The van der Waals surface area contributed by atoms with Crippen LogP contribution in [0, 0.1) is 12.8 Å². The van der Waals surface area contributed by atoms with Gasteiger partial charge in [-0.1, -0.05) is 24.3 Å². The number of fused-ring (bicyclic) bond motifs is 1. The number of aromatic nitrogens is 2. The van der Waals surface area contributed by atoms with Crippen molar-refractivity contribution in [1.29, 1.82) is 0 Å². The molecule has 3 nitrogen and oxygen atoms in total. The first-order valence-corrected chi connectivity index (χ1v) is 6.86. The molecule has 94 valence electrons. The minimum Gasteiger partial charge on any atom is -0.354 e. The summed E-state index contributed by atoms with van der Waals surface area (Å²) in [5, 5.41) is 11.1. The third-order valence-electron chi connectivity index (χ3n) is 3.66. The van der Waals surface area contributed by atoms with Gasteiger partial charge >= 0.3 is 0 Å². The van der Waals surface area contributed by atoms with E-state index >= 15 is 0 Å². The zero-order valence-corrected chi connectivity index (χ0v) is 11.2. The lowest BCUT2D eigenvalue weighted by Crippen LogP contribution is -2.22. The summed E-state index contributed by atoms with van der Waals surface area (Å²) in [6.07, 6.45) is 1.15. The molecule has 0 bridgehead atoms. The molecule has 0 amide bonds. The summed E-state index contributed by atoms with van der Waals surface area (Å²) < 4.78 is 0. The molecular weight excluding hydrogens is 246 g/mol. The Bertz CT molecular complexity index is 570. The number of anilines is 1. The van der Waals surface area contributed by atoms with Crippen LogP contribution in [0.15, 0.2) is 24.3 Å². The minimum absolute atomic E-state index is 0.577. The molecule has 3 rings (SSSR count). The van der Waals surface area contributed by atoms with Crippen molar-refractivity contribution in [3.63, 3.8) is 0 Å². The smallest absolute Gasteiger partial charge is 0.159 e. The van der Waals surface area contributed by atoms with Crippen LogP contribution in [-0.2, 0) is 0 Å². The van der Waals surface area contributed by atoms with E-state index in [0.717, 1.165) is 36.9 Å². The van der Waals surface area contributed by atoms with Gasteiger partial charge in [0.1, 0.15) is 0 Å². The number of benzene rings is 1. The summed E-state index contributed by atoms with van der Waals surface area (Å²) in [6.45, 7) is 4.02. The molecule has 1 aromatic carbocycles. The molecule has 1 aromatic heterocycles. The molecular formula is C14H16ClN3. The number of aryl methyl sites for hydroxylation is 1. The van der Waals surface area contributed by atoms with Gasteiger partial charge in [-0.15, -0.1) is 16.7 Å². The zero-order chi connectivity index (χ0) is 12.5. The van der Waals surface area contributed by atoms with Crippen LogP contribution in [0.25, 0.3) is 10.8 Å². The Hall–Kier alpha value is -1.35. The average Bonchev–Trinajstić information content (AvgIpc) is 2.88. The van der Waals surface area contributed by atoms with Gasteiger partial charge in [0.25, 0.3) is 0 Å². The molecule has 0 spiro atoms. The summed E-state index contributed by atoms with van der Waals surface area (Å²) in [5.74, 6) is 2.31. The molecule has 1 aliphatic heterocycles. The number of rotatable bonds is 2. The van der Waals surface area contributed by atoms with E-state index in [1.807, 2.05) is 13.0 Å². The maximum absolute atomic E-state index is 5.94. The van der Waals surface area contributed by atoms with Crippen LogP contribution in [0.2, 0.25) is 0 Å². The first-order chi connectivity index (χ1) is 8.79. The predicted octanol–water partition coefficient (Wildman–Crippen LogP) is 3.00. The fraction of sp³-hybridized carbons (Fsp3) is 0.429. The van der Waals surface area contributed by atoms with Crippen LogP contribution in [0.5, 0.6) is 0 Å². The molecule has 1 unspecified atom stereocenters. The lowest BCUT2D eigenvalue weighted by molar-refractivity contribution is 0.666. The van der Waals surface area contributed by atoms with Crippen molar-refractivity contribution in [2.24, 2.45) is 5.92 Å². The predicted molar refractivity (Wildman–Crippen MR) is 75.3 cm³/mol. The Morgan fingerprint density at radius 1 is 1.28 bits per heavy atom. The summed E-state index contributed by atoms with van der Waals surface area (Å²) in [6, 6.07) is 8.34. The quantitative estimate of drug-likeness (QED) is 0.779. The van der Waals surface area contributed by atoms with Gasteiger partial charge in [0.15, 0.2) is 5.82 Å². The van der Waals surface area contributed by atoms with Crippen LogP contribution in [0.1, 0.15) is 12.1 Å². The van der Waals surface area contributed by atoms with E-state index in [9.17, 15) is 0 Å². The van der Waals surface area contributed by atoms with Crippen molar-refractivity contribution < 1.29 is 0 Å². The van der Waals surface area contributed by atoms with Crippen molar-refractivity contribution in [2.75, 3.05) is 23.9 Å². The summed E-state index contributed by atoms with van der Waals surface area (Å²) in [7, 11) is 0. The largest absolute Gasteiger partial charge is 0.354 e. The number of hydrogen-bond donors (Lipinski definition) is 0. The molecule has 0 aliphatic carbocycles. The molecule has 1 aliphatic rings. The SMILES string of the molecule is Cc1nnc(N2CCC(CCl)C2)c2ccccc12. The monoisotopic (exact) mass is 261 g/mol. The van der Waals surface area contributed by atoms with Gasteiger partial charge in [-0.3, -0.25) is 0 Å². The van der Waals surface area contributed by atoms with Crippen LogP contribution < -0.4 is 4.90 Å². The third kappa shape index (κ3) is 1.93. The number of hydrogen-bond acceptors (Lipinski definition) is 3. The van der Waals surface area contributed by atoms with Crippen molar-refractivity contribution in [2.45, 2.75) is 13.3 Å². The molecule has 0 N–H and O–H groups in total. The van der Waals surface area contributed by atoms with Crippen LogP contribution in [0.3, 0.4) is 0 Å². The van der Waals surface area contributed by atoms with E-state index in [4.69, 9.17) is 11.6 Å². The standard InChI is InChI=1S/C14H16ClN3/c1-10-12-4-2-3-5-13(12)14(17-16-10)18-7-6-11(8-15)9-18/h2-5,11H,6-9H2,1H3. The van der Waals surface area contributed by atoms with Gasteiger partial charge in [0.05, 0.1) is 5.69 Å². The van der Waals surface area contributed by atoms with Gasteiger partial charge in [0.2, 0.25) is 0 Å². The maximum Gasteiger partial charge on any atom is 0.159 e. The lowest BCUT2D eigenvalue weighted by atomic mass is 10.1. The molecule has 2 heterocycles. The second kappa shape index (κ2) is 4.73. The van der Waals surface area contributed by atoms with Crippen molar-refractivity contribution in [3.8, 4) is 0 Å². The minimum atomic E-state index is 0.577. The first-order valence-electron chi connectivity index (χ1n) is 6.32. The number of nitrogens with zero attached hydrogens (tertiary/aromatic N) is 3. The fourth-order valence-electron chi connectivity index (χ4n) is 2.61. The summed E-state index contributed by atoms with van der Waals surface area (Å²) >= 11 is 5.94. The first kappa shape index (κ1) is 11.7. The number of halogens is 1. The Morgan fingerprint density at radius 3 is 2.78 bits per heavy atom. The highest BCUT2D eigenvalue weighted by Crippen LogP contribution is 2.29. The van der Waals surface area contributed by atoms with E-state index in [1.54, 1.807) is 0 Å². The highest BCUT2D eigenvalue weighted by atomic mass is 35.5. The molecule has 0 saturated carbocycles. The number of alkyl halides is 1. The van der Waals surface area contributed by atoms with Crippen LogP contribution in [-0.4, -0.2) is 29.2 Å². The molecule has 0 radical (unpaired) electrons. The van der Waals surface area contributed by atoms with Gasteiger partial charge in [-0.2, -0.15) is 5.10 Å². The van der Waals surface area contributed by atoms with Crippen molar-refractivity contribution >= 4 is 28.2 Å². The van der Waals surface area contributed by atoms with Crippen molar-refractivity contribution in [3.05, 3.63) is 30.0 Å². The van der Waals surface area contributed by atoms with Gasteiger partial charge in [0, 0.05) is 29.7 Å². The van der Waals surface area contributed by atoms with Crippen LogP contribution >= 0.6 is 11.6 Å². The van der Waals surface area contributed by atoms with Crippen LogP contribution in [0.4, 0.5) is 5.82 Å². The molecule has 18 heavy (non-hydrogen) atoms. The van der Waals surface area contributed by atoms with Gasteiger partial charge in [-0.05, 0) is 19.3 Å². The second-order valence-electron chi connectivity index (χ2n) is 4.91. The third-order valence-corrected chi connectivity index (χ3v) is 4.09. The maximum atomic E-state index is 5.94. The van der Waals surface area contributed by atoms with E-state index in [2.05, 4.69) is 33.3 Å². The fourth-order valence-corrected chi connectivity index (χ4v) is 2.86. The second-order valence-corrected chi connectivity index (χ2v) is 5.22. The van der Waals surface area contributed by atoms with E-state index in [0.29, 0.717) is 5.92 Å². The van der Waals surface area contributed by atoms with Crippen molar-refractivity contribution in [1.82, 2.24) is 10.2 Å². The molecule has 1 fully saturated rings. The van der Waals surface area contributed by atoms with Gasteiger partial charge in [-0.25, -0.2) is 0 Å². The Labute approximate surface area is 112 Å². The summed E-state index contributed by atoms with van der Waals surface area (Å²) in [5.41, 5.74) is 0.988. The molecule has 4 heteroatoms. The highest BCUT2D eigenvalue weighted by molar-refractivity contribution is 6.18. The normalized spacial score (nSPS) is 19.7. The average molecular weight is 262 g/mol. The Kier molecular flexibility index (Phi) is 3.08. The molecule has 2 aromatic rings. The highest BCUT2D eigenvalue weighted by Gasteiger charge is 2.24. The molecule has 1 saturated heterocycles. The Morgan fingerprint density at radius 2 is 2.06 bits per heavy atom. The Balaban J connectivity index is 2.05.